The number of amides is 3. The van der Waals surface area contributed by atoms with Crippen molar-refractivity contribution in [3.8, 4) is 0 Å². The van der Waals surface area contributed by atoms with Crippen molar-refractivity contribution >= 4 is 34.3 Å². The summed E-state index contributed by atoms with van der Waals surface area (Å²) in [7, 11) is 0. The van der Waals surface area contributed by atoms with Crippen LogP contribution >= 0.6 is 0 Å². The molecule has 34 heavy (non-hydrogen) atoms. The second kappa shape index (κ2) is 8.85. The highest BCUT2D eigenvalue weighted by molar-refractivity contribution is 6.19. The fourth-order valence-electron chi connectivity index (χ4n) is 6.39. The van der Waals surface area contributed by atoms with E-state index in [1.54, 1.807) is 6.07 Å². The van der Waals surface area contributed by atoms with Gasteiger partial charge in [0.2, 0.25) is 11.4 Å². The van der Waals surface area contributed by atoms with Crippen LogP contribution in [0, 0.1) is 5.92 Å². The number of Topliss-reactive ketones (excluding diaryl/α,β-unsaturated/α-hetero) is 1. The first-order chi connectivity index (χ1) is 16.4. The average molecular weight is 462 g/mol. The third-order valence-corrected chi connectivity index (χ3v) is 8.10. The van der Waals surface area contributed by atoms with E-state index in [9.17, 15) is 19.2 Å². The molecule has 2 unspecified atom stereocenters. The second-order valence-corrected chi connectivity index (χ2v) is 9.91. The van der Waals surface area contributed by atoms with Crippen LogP contribution in [0.1, 0.15) is 61.7 Å². The second-order valence-electron chi connectivity index (χ2n) is 9.91. The molecule has 2 aromatic carbocycles. The van der Waals surface area contributed by atoms with Crippen LogP contribution in [-0.4, -0.2) is 58.0 Å². The zero-order chi connectivity index (χ0) is 23.9. The number of carbonyl (C=O) groups is 4. The van der Waals surface area contributed by atoms with Crippen molar-refractivity contribution in [1.29, 1.82) is 0 Å². The molecule has 0 bridgehead atoms. The molecule has 1 saturated carbocycles. The van der Waals surface area contributed by atoms with Crippen LogP contribution in [0.25, 0.3) is 10.8 Å². The van der Waals surface area contributed by atoms with E-state index in [0.29, 0.717) is 24.3 Å². The molecule has 2 saturated heterocycles. The van der Waals surface area contributed by atoms with Crippen LogP contribution in [0.15, 0.2) is 42.5 Å². The Kier molecular flexibility index (Phi) is 5.88. The zero-order valence-corrected chi connectivity index (χ0v) is 19.4. The molecule has 2 heterocycles. The van der Waals surface area contributed by atoms with Crippen molar-refractivity contribution in [2.45, 2.75) is 62.9 Å². The summed E-state index contributed by atoms with van der Waals surface area (Å²) in [4.78, 5) is 55.9. The summed E-state index contributed by atoms with van der Waals surface area (Å²) in [5.41, 5.74) is 4.55. The summed E-state index contributed by atoms with van der Waals surface area (Å²) >= 11 is 0. The fourth-order valence-corrected chi connectivity index (χ4v) is 6.39. The van der Waals surface area contributed by atoms with Crippen molar-refractivity contribution < 1.29 is 19.2 Å². The van der Waals surface area contributed by atoms with E-state index < -0.39 is 23.3 Å². The Morgan fingerprint density at radius 2 is 1.71 bits per heavy atom. The highest BCUT2D eigenvalue weighted by Gasteiger charge is 2.67. The van der Waals surface area contributed by atoms with Gasteiger partial charge in [0.15, 0.2) is 5.78 Å². The monoisotopic (exact) mass is 461 g/mol. The Bertz CT molecular complexity index is 1150. The third-order valence-electron chi connectivity index (χ3n) is 8.10. The maximum absolute atomic E-state index is 13.6. The molecule has 0 spiro atoms. The van der Waals surface area contributed by atoms with Crippen molar-refractivity contribution in [1.82, 2.24) is 9.80 Å². The molecule has 178 valence electrons. The largest absolute Gasteiger partial charge is 0.367 e. The van der Waals surface area contributed by atoms with E-state index in [1.807, 2.05) is 36.4 Å². The van der Waals surface area contributed by atoms with E-state index >= 15 is 0 Å². The Labute approximate surface area is 199 Å². The molecular weight excluding hydrogens is 430 g/mol. The smallest absolute Gasteiger partial charge is 0.255 e. The lowest BCUT2D eigenvalue weighted by molar-refractivity contribution is -0.149. The maximum atomic E-state index is 13.6. The van der Waals surface area contributed by atoms with Crippen LogP contribution in [-0.2, 0) is 14.4 Å². The van der Waals surface area contributed by atoms with E-state index in [-0.39, 0.29) is 24.9 Å². The van der Waals surface area contributed by atoms with Gasteiger partial charge >= 0.3 is 0 Å². The molecule has 1 aliphatic carbocycles. The molecule has 2 aromatic rings. The van der Waals surface area contributed by atoms with Gasteiger partial charge in [-0.3, -0.25) is 19.2 Å². The summed E-state index contributed by atoms with van der Waals surface area (Å²) < 4.78 is 0. The lowest BCUT2D eigenvalue weighted by Crippen LogP contribution is -2.64. The van der Waals surface area contributed by atoms with Gasteiger partial charge in [-0.05, 0) is 35.6 Å². The lowest BCUT2D eigenvalue weighted by atomic mass is 9.85. The standard InChI is InChI=1S/C27H31N3O4/c28-26(34)27-22(15-16-30(27)24(32)14-13-18-7-2-1-3-8-18)29(17-23(27)31)25(33)21-12-6-10-19-9-4-5-11-20(19)21/h4-6,9-12,18,22H,1-3,7-8,13-17H2,(H2,28,34). The molecule has 3 amide bonds. The topological polar surface area (TPSA) is 101 Å². The quantitative estimate of drug-likeness (QED) is 0.692. The van der Waals surface area contributed by atoms with E-state index in [1.165, 1.54) is 29.1 Å². The number of primary amides is 1. The molecule has 0 aromatic heterocycles. The summed E-state index contributed by atoms with van der Waals surface area (Å²) in [6, 6.07) is 12.3. The predicted octanol–water partition coefficient (Wildman–Crippen LogP) is 3.05. The van der Waals surface area contributed by atoms with Gasteiger partial charge < -0.3 is 15.5 Å². The molecule has 3 fully saturated rings. The Hall–Kier alpha value is -3.22. The molecular formula is C27H31N3O4. The minimum Gasteiger partial charge on any atom is -0.367 e. The van der Waals surface area contributed by atoms with Crippen LogP contribution < -0.4 is 5.73 Å². The number of ketones is 1. The summed E-state index contributed by atoms with van der Waals surface area (Å²) in [6.45, 7) is 0.0320. The first-order valence-electron chi connectivity index (χ1n) is 12.4. The molecule has 3 aliphatic rings. The minimum atomic E-state index is -1.76. The van der Waals surface area contributed by atoms with Crippen LogP contribution in [0.5, 0.6) is 0 Å². The number of nitrogens with zero attached hydrogens (tertiary/aromatic N) is 2. The Balaban J connectivity index is 1.41. The van der Waals surface area contributed by atoms with Gasteiger partial charge in [0.1, 0.15) is 0 Å². The van der Waals surface area contributed by atoms with E-state index in [2.05, 4.69) is 0 Å². The average Bonchev–Trinajstić information content (AvgIpc) is 3.39. The number of hydrogen-bond acceptors (Lipinski definition) is 4. The van der Waals surface area contributed by atoms with Crippen molar-refractivity contribution in [2.24, 2.45) is 11.7 Å². The molecule has 2 N–H and O–H groups in total. The Morgan fingerprint density at radius 3 is 2.47 bits per heavy atom. The number of fused-ring (bicyclic) bond motifs is 2. The molecule has 0 radical (unpaired) electrons. The van der Waals surface area contributed by atoms with Gasteiger partial charge in [0.25, 0.3) is 11.8 Å². The zero-order valence-electron chi connectivity index (χ0n) is 19.4. The van der Waals surface area contributed by atoms with Gasteiger partial charge in [-0.25, -0.2) is 0 Å². The number of carbonyl (C=O) groups excluding carboxylic acids is 4. The minimum absolute atomic E-state index is 0.209. The van der Waals surface area contributed by atoms with E-state index in [4.69, 9.17) is 5.73 Å². The van der Waals surface area contributed by atoms with Crippen LogP contribution in [0.4, 0.5) is 0 Å². The number of likely N-dealkylation sites (tertiary alicyclic amines) is 2. The van der Waals surface area contributed by atoms with Gasteiger partial charge in [-0.1, -0.05) is 68.5 Å². The first kappa shape index (κ1) is 22.6. The number of nitrogens with two attached hydrogens (primary N) is 1. The normalized spacial score (nSPS) is 25.1. The van der Waals surface area contributed by atoms with Crippen molar-refractivity contribution in [2.75, 3.05) is 13.1 Å². The van der Waals surface area contributed by atoms with Crippen LogP contribution in [0.2, 0.25) is 0 Å². The Morgan fingerprint density at radius 1 is 0.971 bits per heavy atom. The highest BCUT2D eigenvalue weighted by atomic mass is 16.2. The number of hydrogen-bond donors (Lipinski definition) is 1. The molecule has 5 rings (SSSR count). The lowest BCUT2D eigenvalue weighted by Gasteiger charge is -2.35. The van der Waals surface area contributed by atoms with Gasteiger partial charge in [0.05, 0.1) is 12.6 Å². The van der Waals surface area contributed by atoms with Crippen LogP contribution in [0.3, 0.4) is 0 Å². The summed E-state index contributed by atoms with van der Waals surface area (Å²) in [5, 5.41) is 1.71. The SMILES string of the molecule is NC(=O)C12C(=O)CN(C(=O)c3cccc4ccccc34)C1CCN2C(=O)CCC1CCCCC1. The maximum Gasteiger partial charge on any atom is 0.255 e. The predicted molar refractivity (Wildman–Crippen MR) is 128 cm³/mol. The third kappa shape index (κ3) is 3.49. The highest BCUT2D eigenvalue weighted by Crippen LogP contribution is 2.41. The van der Waals surface area contributed by atoms with E-state index in [0.717, 1.165) is 30.0 Å². The van der Waals surface area contributed by atoms with Gasteiger partial charge in [-0.15, -0.1) is 0 Å². The molecule has 7 heteroatoms. The summed E-state index contributed by atoms with van der Waals surface area (Å²) in [5.74, 6) is -1.29. The number of benzene rings is 2. The molecule has 2 aliphatic heterocycles. The van der Waals surface area contributed by atoms with Crippen molar-refractivity contribution in [3.63, 3.8) is 0 Å². The molecule has 7 nitrogen and oxygen atoms in total. The number of rotatable bonds is 5. The van der Waals surface area contributed by atoms with Gasteiger partial charge in [0, 0.05) is 18.5 Å². The molecule has 2 atom stereocenters. The van der Waals surface area contributed by atoms with Crippen molar-refractivity contribution in [3.05, 3.63) is 48.0 Å². The van der Waals surface area contributed by atoms with Gasteiger partial charge in [-0.2, -0.15) is 0 Å². The fraction of sp³-hybridized carbons (Fsp3) is 0.481. The first-order valence-corrected chi connectivity index (χ1v) is 12.4. The summed E-state index contributed by atoms with van der Waals surface area (Å²) in [6.07, 6.45) is 7.32.